The Kier molecular flexibility index (Phi) is 5.92. The highest BCUT2D eigenvalue weighted by Crippen LogP contribution is 2.29. The number of thiazole rings is 1. The molecule has 29 heavy (non-hydrogen) atoms. The van der Waals surface area contributed by atoms with E-state index in [-0.39, 0.29) is 29.8 Å². The molecule has 148 valence electrons. The first-order valence-electron chi connectivity index (χ1n) is 9.09. The number of benzene rings is 2. The largest absolute Gasteiger partial charge is 0.325 e. The Morgan fingerprint density at radius 3 is 2.79 bits per heavy atom. The minimum absolute atomic E-state index is 0.0332. The topological polar surface area (TPSA) is 62.3 Å². The van der Waals surface area contributed by atoms with E-state index in [1.807, 2.05) is 28.5 Å². The third kappa shape index (κ3) is 4.83. The van der Waals surface area contributed by atoms with E-state index in [1.54, 1.807) is 0 Å². The zero-order valence-electron chi connectivity index (χ0n) is 15.4. The van der Waals surface area contributed by atoms with E-state index in [4.69, 9.17) is 0 Å². The second kappa shape index (κ2) is 8.75. The molecule has 1 N–H and O–H groups in total. The number of para-hydroxylation sites is 1. The molecule has 2 heterocycles. The number of amides is 2. The van der Waals surface area contributed by atoms with Gasteiger partial charge in [-0.1, -0.05) is 30.0 Å². The van der Waals surface area contributed by atoms with Crippen molar-refractivity contribution in [2.24, 2.45) is 0 Å². The van der Waals surface area contributed by atoms with E-state index in [0.29, 0.717) is 17.9 Å². The van der Waals surface area contributed by atoms with Crippen LogP contribution in [0.2, 0.25) is 0 Å². The highest BCUT2D eigenvalue weighted by Gasteiger charge is 2.24. The maximum absolute atomic E-state index is 12.9. The average molecular weight is 428 g/mol. The van der Waals surface area contributed by atoms with Crippen molar-refractivity contribution in [1.82, 2.24) is 4.98 Å². The van der Waals surface area contributed by atoms with Gasteiger partial charge < -0.3 is 10.2 Å². The number of nitrogens with one attached hydrogen (secondary N) is 1. The van der Waals surface area contributed by atoms with E-state index in [2.05, 4.69) is 16.4 Å². The molecule has 0 bridgehead atoms. The summed E-state index contributed by atoms with van der Waals surface area (Å²) in [5.74, 6) is -0.314. The lowest BCUT2D eigenvalue weighted by atomic mass is 10.2. The number of carbonyl (C=O) groups excluding carboxylic acids is 2. The fourth-order valence-electron chi connectivity index (χ4n) is 3.14. The maximum Gasteiger partial charge on any atom is 0.234 e. The van der Waals surface area contributed by atoms with Crippen molar-refractivity contribution >= 4 is 46.3 Å². The summed E-state index contributed by atoms with van der Waals surface area (Å²) in [6, 6.07) is 13.6. The Bertz CT molecular complexity index is 1040. The van der Waals surface area contributed by atoms with Crippen molar-refractivity contribution < 1.29 is 14.0 Å². The fraction of sp³-hybridized carbons (Fsp3) is 0.190. The summed E-state index contributed by atoms with van der Waals surface area (Å²) in [5, 5.41) is 4.58. The number of rotatable bonds is 6. The second-order valence-electron chi connectivity index (χ2n) is 6.55. The van der Waals surface area contributed by atoms with Gasteiger partial charge in [0.25, 0.3) is 0 Å². The van der Waals surface area contributed by atoms with Crippen LogP contribution in [0.4, 0.5) is 15.8 Å². The molecule has 8 heteroatoms. The van der Waals surface area contributed by atoms with Crippen molar-refractivity contribution in [3.8, 4) is 0 Å². The molecular formula is C21H18FN3O2S2. The molecule has 0 spiro atoms. The van der Waals surface area contributed by atoms with Crippen LogP contribution in [0.3, 0.4) is 0 Å². The first kappa shape index (κ1) is 19.6. The smallest absolute Gasteiger partial charge is 0.234 e. The van der Waals surface area contributed by atoms with Crippen molar-refractivity contribution in [3.05, 3.63) is 71.0 Å². The van der Waals surface area contributed by atoms with Crippen LogP contribution in [0.5, 0.6) is 0 Å². The fourth-order valence-corrected chi connectivity index (χ4v) is 4.79. The Labute approximate surface area is 176 Å². The molecule has 0 unspecified atom stereocenters. The molecule has 0 fully saturated rings. The SMILES string of the molecule is O=C(CSc1nc(CC(=O)N2CCc3ccccc32)cs1)Nc1ccc(F)cc1. The highest BCUT2D eigenvalue weighted by molar-refractivity contribution is 8.01. The second-order valence-corrected chi connectivity index (χ2v) is 8.63. The third-order valence-corrected chi connectivity index (χ3v) is 6.58. The number of fused-ring (bicyclic) bond motifs is 1. The van der Waals surface area contributed by atoms with Crippen LogP contribution in [0, 0.1) is 5.82 Å². The van der Waals surface area contributed by atoms with Gasteiger partial charge in [-0.15, -0.1) is 11.3 Å². The number of nitrogens with zero attached hydrogens (tertiary/aromatic N) is 2. The van der Waals surface area contributed by atoms with Gasteiger partial charge in [0.2, 0.25) is 11.8 Å². The predicted octanol–water partition coefficient (Wildman–Crippen LogP) is 4.14. The van der Waals surface area contributed by atoms with Gasteiger partial charge in [0.05, 0.1) is 17.9 Å². The number of hydrogen-bond acceptors (Lipinski definition) is 5. The summed E-state index contributed by atoms with van der Waals surface area (Å²) >= 11 is 2.74. The molecule has 0 atom stereocenters. The summed E-state index contributed by atoms with van der Waals surface area (Å²) in [7, 11) is 0. The Balaban J connectivity index is 1.29. The number of halogens is 1. The lowest BCUT2D eigenvalue weighted by molar-refractivity contribution is -0.118. The first-order valence-corrected chi connectivity index (χ1v) is 11.0. The number of hydrogen-bond donors (Lipinski definition) is 1. The molecule has 2 amide bonds. The molecule has 0 aliphatic carbocycles. The van der Waals surface area contributed by atoms with Crippen molar-refractivity contribution in [3.63, 3.8) is 0 Å². The quantitative estimate of drug-likeness (QED) is 0.601. The van der Waals surface area contributed by atoms with Crippen LogP contribution >= 0.6 is 23.1 Å². The van der Waals surface area contributed by atoms with Crippen LogP contribution in [0.15, 0.2) is 58.3 Å². The van der Waals surface area contributed by atoms with E-state index in [1.165, 1.54) is 52.9 Å². The van der Waals surface area contributed by atoms with Crippen molar-refractivity contribution in [2.75, 3.05) is 22.5 Å². The molecule has 1 aromatic heterocycles. The molecule has 1 aliphatic rings. The van der Waals surface area contributed by atoms with Gasteiger partial charge in [-0.2, -0.15) is 0 Å². The lowest BCUT2D eigenvalue weighted by Gasteiger charge is -2.16. The molecule has 4 rings (SSSR count). The Morgan fingerprint density at radius 1 is 1.17 bits per heavy atom. The molecule has 3 aromatic rings. The average Bonchev–Trinajstić information content (AvgIpc) is 3.35. The zero-order valence-corrected chi connectivity index (χ0v) is 17.1. The predicted molar refractivity (Wildman–Crippen MR) is 114 cm³/mol. The monoisotopic (exact) mass is 427 g/mol. The van der Waals surface area contributed by atoms with Crippen molar-refractivity contribution in [1.29, 1.82) is 0 Å². The molecule has 0 saturated carbocycles. The van der Waals surface area contributed by atoms with Crippen LogP contribution in [0.1, 0.15) is 11.3 Å². The molecule has 1 aliphatic heterocycles. The van der Waals surface area contributed by atoms with Crippen LogP contribution in [-0.4, -0.2) is 29.1 Å². The molecule has 0 saturated heterocycles. The number of carbonyl (C=O) groups is 2. The summed E-state index contributed by atoms with van der Waals surface area (Å²) < 4.78 is 13.6. The van der Waals surface area contributed by atoms with Crippen LogP contribution in [-0.2, 0) is 22.4 Å². The lowest BCUT2D eigenvalue weighted by Crippen LogP contribution is -2.30. The van der Waals surface area contributed by atoms with Gasteiger partial charge in [-0.05, 0) is 42.3 Å². The first-order chi connectivity index (χ1) is 14.1. The Morgan fingerprint density at radius 2 is 1.97 bits per heavy atom. The standard InChI is InChI=1S/C21H18FN3O2S2/c22-15-5-7-16(8-6-15)23-19(26)13-29-21-24-17(12-28-21)11-20(27)25-10-9-14-3-1-2-4-18(14)25/h1-8,12H,9-11,13H2,(H,23,26). The highest BCUT2D eigenvalue weighted by atomic mass is 32.2. The van der Waals surface area contributed by atoms with Gasteiger partial charge in [0, 0.05) is 23.3 Å². The molecule has 0 radical (unpaired) electrons. The zero-order chi connectivity index (χ0) is 20.2. The Hall–Kier alpha value is -2.71. The molecule has 5 nitrogen and oxygen atoms in total. The van der Waals surface area contributed by atoms with Crippen LogP contribution < -0.4 is 10.2 Å². The normalized spacial score (nSPS) is 12.7. The van der Waals surface area contributed by atoms with E-state index < -0.39 is 0 Å². The summed E-state index contributed by atoms with van der Waals surface area (Å²) in [5.41, 5.74) is 3.45. The number of thioether (sulfide) groups is 1. The van der Waals surface area contributed by atoms with E-state index in [0.717, 1.165) is 16.4 Å². The summed E-state index contributed by atoms with van der Waals surface area (Å²) in [6.07, 6.45) is 1.12. The van der Waals surface area contributed by atoms with Gasteiger partial charge in [0.1, 0.15) is 5.82 Å². The van der Waals surface area contributed by atoms with E-state index in [9.17, 15) is 14.0 Å². The van der Waals surface area contributed by atoms with Gasteiger partial charge in [-0.25, -0.2) is 9.37 Å². The molecule has 2 aromatic carbocycles. The van der Waals surface area contributed by atoms with Gasteiger partial charge in [-0.3, -0.25) is 9.59 Å². The van der Waals surface area contributed by atoms with Crippen molar-refractivity contribution in [2.45, 2.75) is 17.2 Å². The molecular weight excluding hydrogens is 409 g/mol. The number of aromatic nitrogens is 1. The van der Waals surface area contributed by atoms with Gasteiger partial charge >= 0.3 is 0 Å². The van der Waals surface area contributed by atoms with Crippen LogP contribution in [0.25, 0.3) is 0 Å². The third-order valence-electron chi connectivity index (χ3n) is 4.51. The minimum atomic E-state index is -0.348. The minimum Gasteiger partial charge on any atom is -0.325 e. The maximum atomic E-state index is 12.9. The summed E-state index contributed by atoms with van der Waals surface area (Å²) in [6.45, 7) is 0.702. The number of anilines is 2. The van der Waals surface area contributed by atoms with Gasteiger partial charge in [0.15, 0.2) is 4.34 Å². The summed E-state index contributed by atoms with van der Waals surface area (Å²) in [4.78, 5) is 31.0. The van der Waals surface area contributed by atoms with E-state index >= 15 is 0 Å².